The summed E-state index contributed by atoms with van der Waals surface area (Å²) in [5, 5.41) is 3.69. The number of hydrogen-bond acceptors (Lipinski definition) is 4. The van der Waals surface area contributed by atoms with Crippen molar-refractivity contribution in [2.45, 2.75) is 63.2 Å². The standard InChI is InChI=1S/C28H34F3N3O/c29-28(30,31)22-11-13-23(14-12-22)33-16-18-34(19-17-33)26(27(35)21-7-2-1-3-8-21)25-15-10-20-6-4-5-9-24(20)32-25/h4-6,9,11-14,21,25-26,32H,1-3,7-8,10,15-19H2. The van der Waals surface area contributed by atoms with Gasteiger partial charge in [-0.15, -0.1) is 0 Å². The number of fused-ring (bicyclic) bond motifs is 1. The minimum Gasteiger partial charge on any atom is -0.380 e. The molecule has 2 unspecified atom stereocenters. The molecule has 1 N–H and O–H groups in total. The Kier molecular flexibility index (Phi) is 7.05. The largest absolute Gasteiger partial charge is 0.416 e. The van der Waals surface area contributed by atoms with Crippen LogP contribution in [-0.4, -0.2) is 48.9 Å². The third kappa shape index (κ3) is 5.35. The van der Waals surface area contributed by atoms with Gasteiger partial charge in [-0.25, -0.2) is 0 Å². The highest BCUT2D eigenvalue weighted by atomic mass is 19.4. The molecule has 4 nitrogen and oxygen atoms in total. The Morgan fingerprint density at radius 3 is 2.26 bits per heavy atom. The van der Waals surface area contributed by atoms with E-state index in [1.54, 1.807) is 12.1 Å². The van der Waals surface area contributed by atoms with Gasteiger partial charge in [0.05, 0.1) is 11.6 Å². The Bertz CT molecular complexity index is 1010. The number of Topliss-reactive ketones (excluding diaryl/α,β-unsaturated/α-hetero) is 1. The van der Waals surface area contributed by atoms with Crippen LogP contribution in [0, 0.1) is 5.92 Å². The van der Waals surface area contributed by atoms with Crippen molar-refractivity contribution in [1.82, 2.24) is 4.90 Å². The van der Waals surface area contributed by atoms with E-state index < -0.39 is 11.7 Å². The number of benzene rings is 2. The summed E-state index contributed by atoms with van der Waals surface area (Å²) < 4.78 is 38.8. The molecule has 5 rings (SSSR count). The van der Waals surface area contributed by atoms with Gasteiger partial charge in [0.1, 0.15) is 0 Å². The number of piperazine rings is 1. The van der Waals surface area contributed by atoms with E-state index in [9.17, 15) is 18.0 Å². The Balaban J connectivity index is 1.31. The van der Waals surface area contributed by atoms with Crippen molar-refractivity contribution >= 4 is 17.2 Å². The number of alkyl halides is 3. The molecular formula is C28H34F3N3O. The second kappa shape index (κ2) is 10.2. The lowest BCUT2D eigenvalue weighted by Crippen LogP contribution is -2.60. The SMILES string of the molecule is O=C(C1CCCCC1)C(C1CCc2ccccc2N1)N1CCN(c2ccc(C(F)(F)F)cc2)CC1. The molecule has 7 heteroatoms. The quantitative estimate of drug-likeness (QED) is 0.583. The Morgan fingerprint density at radius 2 is 1.57 bits per heavy atom. The highest BCUT2D eigenvalue weighted by Crippen LogP contribution is 2.33. The molecule has 3 aliphatic rings. The molecule has 1 aliphatic carbocycles. The maximum Gasteiger partial charge on any atom is 0.416 e. The molecule has 2 aromatic rings. The number of hydrogen-bond donors (Lipinski definition) is 1. The van der Waals surface area contributed by atoms with Crippen molar-refractivity contribution in [3.05, 3.63) is 59.7 Å². The first kappa shape index (κ1) is 24.2. The third-order valence-corrected chi connectivity index (χ3v) is 8.03. The molecule has 35 heavy (non-hydrogen) atoms. The van der Waals surface area contributed by atoms with E-state index in [1.807, 2.05) is 6.07 Å². The van der Waals surface area contributed by atoms with Crippen LogP contribution in [-0.2, 0) is 17.4 Å². The molecule has 188 valence electrons. The van der Waals surface area contributed by atoms with E-state index in [1.165, 1.54) is 12.0 Å². The lowest BCUT2D eigenvalue weighted by atomic mass is 9.80. The molecule has 2 atom stereocenters. The highest BCUT2D eigenvalue weighted by molar-refractivity contribution is 5.88. The van der Waals surface area contributed by atoms with Crippen LogP contribution in [0.15, 0.2) is 48.5 Å². The summed E-state index contributed by atoms with van der Waals surface area (Å²) in [7, 11) is 0. The minimum atomic E-state index is -4.32. The van der Waals surface area contributed by atoms with Crippen LogP contribution in [0.5, 0.6) is 0 Å². The Morgan fingerprint density at radius 1 is 0.886 bits per heavy atom. The average Bonchev–Trinajstić information content (AvgIpc) is 2.89. The number of para-hydroxylation sites is 1. The number of carbonyl (C=O) groups is 1. The summed E-state index contributed by atoms with van der Waals surface area (Å²) in [4.78, 5) is 18.4. The van der Waals surface area contributed by atoms with E-state index in [0.717, 1.165) is 75.1 Å². The number of halogens is 3. The maximum absolute atomic E-state index is 13.9. The molecular weight excluding hydrogens is 451 g/mol. The van der Waals surface area contributed by atoms with Crippen LogP contribution in [0.3, 0.4) is 0 Å². The predicted octanol–water partition coefficient (Wildman–Crippen LogP) is 5.77. The highest BCUT2D eigenvalue weighted by Gasteiger charge is 2.40. The van der Waals surface area contributed by atoms with Crippen molar-refractivity contribution in [2.75, 3.05) is 36.4 Å². The fourth-order valence-electron chi connectivity index (χ4n) is 6.08. The summed E-state index contributed by atoms with van der Waals surface area (Å²) in [6, 6.07) is 13.7. The summed E-state index contributed by atoms with van der Waals surface area (Å²) in [5.41, 5.74) is 2.62. The molecule has 1 saturated heterocycles. The van der Waals surface area contributed by atoms with Gasteiger partial charge in [0.2, 0.25) is 0 Å². The summed E-state index contributed by atoms with van der Waals surface area (Å²) in [6.45, 7) is 2.85. The summed E-state index contributed by atoms with van der Waals surface area (Å²) >= 11 is 0. The van der Waals surface area contributed by atoms with Gasteiger partial charge in [-0.3, -0.25) is 9.69 Å². The zero-order chi connectivity index (χ0) is 24.4. The fourth-order valence-corrected chi connectivity index (χ4v) is 6.08. The number of nitrogens with zero attached hydrogens (tertiary/aromatic N) is 2. The zero-order valence-corrected chi connectivity index (χ0v) is 20.1. The van der Waals surface area contributed by atoms with Crippen LogP contribution >= 0.6 is 0 Å². The van der Waals surface area contributed by atoms with Gasteiger partial charge < -0.3 is 10.2 Å². The van der Waals surface area contributed by atoms with Crippen molar-refractivity contribution < 1.29 is 18.0 Å². The maximum atomic E-state index is 13.9. The van der Waals surface area contributed by atoms with E-state index in [0.29, 0.717) is 18.9 Å². The van der Waals surface area contributed by atoms with Crippen LogP contribution < -0.4 is 10.2 Å². The van der Waals surface area contributed by atoms with Crippen molar-refractivity contribution in [3.63, 3.8) is 0 Å². The molecule has 2 aromatic carbocycles. The molecule has 2 fully saturated rings. The van der Waals surface area contributed by atoms with E-state index in [4.69, 9.17) is 0 Å². The lowest BCUT2D eigenvalue weighted by molar-refractivity contribution is -0.137. The zero-order valence-electron chi connectivity index (χ0n) is 20.1. The number of rotatable bonds is 5. The number of anilines is 2. The van der Waals surface area contributed by atoms with Crippen LogP contribution in [0.25, 0.3) is 0 Å². The molecule has 0 radical (unpaired) electrons. The van der Waals surface area contributed by atoms with Gasteiger partial charge in [0.25, 0.3) is 0 Å². The normalized spacial score (nSPS) is 22.8. The first-order chi connectivity index (χ1) is 16.9. The second-order valence-corrected chi connectivity index (χ2v) is 10.2. The molecule has 2 aliphatic heterocycles. The molecule has 0 amide bonds. The fraction of sp³-hybridized carbons (Fsp3) is 0.536. The van der Waals surface area contributed by atoms with Crippen molar-refractivity contribution in [2.24, 2.45) is 5.92 Å². The van der Waals surface area contributed by atoms with Gasteiger partial charge in [0.15, 0.2) is 5.78 Å². The van der Waals surface area contributed by atoms with E-state index in [-0.39, 0.29) is 18.0 Å². The number of ketones is 1. The first-order valence-electron chi connectivity index (χ1n) is 12.9. The lowest BCUT2D eigenvalue weighted by Gasteiger charge is -2.45. The summed E-state index contributed by atoms with van der Waals surface area (Å²) in [5.74, 6) is 0.519. The molecule has 0 spiro atoms. The monoisotopic (exact) mass is 485 g/mol. The van der Waals surface area contributed by atoms with Gasteiger partial charge >= 0.3 is 6.18 Å². The number of aryl methyl sites for hydroxylation is 1. The van der Waals surface area contributed by atoms with Gasteiger partial charge in [0, 0.05) is 49.5 Å². The molecule has 1 saturated carbocycles. The molecule has 0 aromatic heterocycles. The summed E-state index contributed by atoms with van der Waals surface area (Å²) in [6.07, 6.45) is 3.03. The minimum absolute atomic E-state index is 0.0805. The predicted molar refractivity (Wildman–Crippen MR) is 133 cm³/mol. The van der Waals surface area contributed by atoms with Gasteiger partial charge in [-0.05, 0) is 61.6 Å². The smallest absolute Gasteiger partial charge is 0.380 e. The number of nitrogens with one attached hydrogen (secondary N) is 1. The third-order valence-electron chi connectivity index (χ3n) is 8.03. The molecule has 2 heterocycles. The van der Waals surface area contributed by atoms with E-state index >= 15 is 0 Å². The topological polar surface area (TPSA) is 35.6 Å². The Hall–Kier alpha value is -2.54. The number of carbonyl (C=O) groups excluding carboxylic acids is 1. The Labute approximate surface area is 205 Å². The van der Waals surface area contributed by atoms with Crippen LogP contribution in [0.4, 0.5) is 24.5 Å². The van der Waals surface area contributed by atoms with Crippen LogP contribution in [0.2, 0.25) is 0 Å². The van der Waals surface area contributed by atoms with Gasteiger partial charge in [-0.2, -0.15) is 13.2 Å². The van der Waals surface area contributed by atoms with Gasteiger partial charge in [-0.1, -0.05) is 37.5 Å². The van der Waals surface area contributed by atoms with Crippen molar-refractivity contribution in [3.8, 4) is 0 Å². The average molecular weight is 486 g/mol. The van der Waals surface area contributed by atoms with E-state index in [2.05, 4.69) is 33.3 Å². The van der Waals surface area contributed by atoms with Crippen molar-refractivity contribution in [1.29, 1.82) is 0 Å². The molecule has 0 bridgehead atoms. The van der Waals surface area contributed by atoms with Crippen LogP contribution in [0.1, 0.15) is 49.7 Å². The first-order valence-corrected chi connectivity index (χ1v) is 12.9. The second-order valence-electron chi connectivity index (χ2n) is 10.2.